The van der Waals surface area contributed by atoms with Crippen LogP contribution in [0.3, 0.4) is 0 Å². The third-order valence-electron chi connectivity index (χ3n) is 4.01. The molecule has 0 atom stereocenters. The summed E-state index contributed by atoms with van der Waals surface area (Å²) in [4.78, 5) is 18.6. The number of amides is 1. The zero-order chi connectivity index (χ0) is 15.9. The number of nitrogens with one attached hydrogen (secondary N) is 2. The van der Waals surface area contributed by atoms with E-state index < -0.39 is 0 Å². The second-order valence-corrected chi connectivity index (χ2v) is 5.77. The number of piperazine rings is 1. The average molecular weight is 310 g/mol. The lowest BCUT2D eigenvalue weighted by Crippen LogP contribution is -2.42. The van der Waals surface area contributed by atoms with Crippen molar-refractivity contribution in [2.24, 2.45) is 0 Å². The maximum absolute atomic E-state index is 12.2. The monoisotopic (exact) mass is 310 g/mol. The Morgan fingerprint density at radius 1 is 1.13 bits per heavy atom. The van der Waals surface area contributed by atoms with Crippen LogP contribution < -0.4 is 10.6 Å². The number of hydrogen-bond acceptors (Lipinski definition) is 4. The smallest absolute Gasteiger partial charge is 0.251 e. The van der Waals surface area contributed by atoms with Gasteiger partial charge in [-0.1, -0.05) is 18.2 Å². The van der Waals surface area contributed by atoms with Crippen molar-refractivity contribution in [1.82, 2.24) is 20.5 Å². The fraction of sp³-hybridized carbons (Fsp3) is 0.333. The molecule has 23 heavy (non-hydrogen) atoms. The summed E-state index contributed by atoms with van der Waals surface area (Å²) in [5.41, 5.74) is 2.94. The van der Waals surface area contributed by atoms with Crippen LogP contribution in [-0.4, -0.2) is 42.0 Å². The molecule has 0 unspecified atom stereocenters. The van der Waals surface area contributed by atoms with Crippen LogP contribution in [0, 0.1) is 0 Å². The summed E-state index contributed by atoms with van der Waals surface area (Å²) in [6.07, 6.45) is 3.49. The lowest BCUT2D eigenvalue weighted by molar-refractivity contribution is 0.0951. The van der Waals surface area contributed by atoms with Gasteiger partial charge in [0.25, 0.3) is 5.91 Å². The zero-order valence-corrected chi connectivity index (χ0v) is 13.2. The number of aromatic nitrogens is 1. The van der Waals surface area contributed by atoms with Gasteiger partial charge in [-0.05, 0) is 29.3 Å². The van der Waals surface area contributed by atoms with Gasteiger partial charge < -0.3 is 10.6 Å². The fourth-order valence-corrected chi connectivity index (χ4v) is 2.68. The Morgan fingerprint density at radius 2 is 1.91 bits per heavy atom. The van der Waals surface area contributed by atoms with E-state index in [1.807, 2.05) is 36.4 Å². The molecule has 1 aromatic carbocycles. The van der Waals surface area contributed by atoms with Crippen LogP contribution in [-0.2, 0) is 13.1 Å². The third-order valence-corrected chi connectivity index (χ3v) is 4.01. The van der Waals surface area contributed by atoms with Crippen molar-refractivity contribution in [3.8, 4) is 0 Å². The molecule has 0 aliphatic carbocycles. The number of carbonyl (C=O) groups is 1. The minimum Gasteiger partial charge on any atom is -0.348 e. The quantitative estimate of drug-likeness (QED) is 0.877. The molecule has 1 aromatic heterocycles. The predicted octanol–water partition coefficient (Wildman–Crippen LogP) is 1.42. The summed E-state index contributed by atoms with van der Waals surface area (Å²) >= 11 is 0. The van der Waals surface area contributed by atoms with E-state index in [2.05, 4.69) is 20.5 Å². The van der Waals surface area contributed by atoms with Crippen molar-refractivity contribution in [2.45, 2.75) is 13.1 Å². The molecule has 1 saturated heterocycles. The molecule has 120 valence electrons. The van der Waals surface area contributed by atoms with Gasteiger partial charge in [-0.25, -0.2) is 0 Å². The third kappa shape index (κ3) is 4.61. The second kappa shape index (κ2) is 7.85. The number of pyridine rings is 1. The first-order valence-electron chi connectivity index (χ1n) is 8.00. The Hall–Kier alpha value is -2.24. The summed E-state index contributed by atoms with van der Waals surface area (Å²) in [6.45, 7) is 5.69. The van der Waals surface area contributed by atoms with Crippen LogP contribution in [0.25, 0.3) is 0 Å². The van der Waals surface area contributed by atoms with Gasteiger partial charge in [0.05, 0.1) is 0 Å². The molecule has 5 heteroatoms. The van der Waals surface area contributed by atoms with Crippen molar-refractivity contribution >= 4 is 5.91 Å². The van der Waals surface area contributed by atoms with E-state index in [0.717, 1.165) is 38.3 Å². The predicted molar refractivity (Wildman–Crippen MR) is 90.0 cm³/mol. The zero-order valence-electron chi connectivity index (χ0n) is 13.2. The van der Waals surface area contributed by atoms with E-state index in [1.54, 1.807) is 12.4 Å². The fourth-order valence-electron chi connectivity index (χ4n) is 2.68. The van der Waals surface area contributed by atoms with Crippen LogP contribution in [0.15, 0.2) is 48.8 Å². The maximum atomic E-state index is 12.2. The highest BCUT2D eigenvalue weighted by Gasteiger charge is 2.10. The molecule has 0 spiro atoms. The number of nitrogens with zero attached hydrogens (tertiary/aromatic N) is 2. The van der Waals surface area contributed by atoms with E-state index in [9.17, 15) is 4.79 Å². The highest BCUT2D eigenvalue weighted by Crippen LogP contribution is 2.09. The van der Waals surface area contributed by atoms with Gasteiger partial charge in [-0.3, -0.25) is 14.7 Å². The van der Waals surface area contributed by atoms with E-state index >= 15 is 0 Å². The molecular formula is C18H22N4O. The molecule has 5 nitrogen and oxygen atoms in total. The molecule has 1 amide bonds. The summed E-state index contributed by atoms with van der Waals surface area (Å²) in [5, 5.41) is 6.27. The first-order chi connectivity index (χ1) is 11.3. The molecule has 1 aliphatic heterocycles. The standard InChI is InChI=1S/C18H22N4O/c23-18(21-13-16-2-1-7-20-12-16)17-5-3-15(4-6-17)14-22-10-8-19-9-11-22/h1-7,12,19H,8-11,13-14H2,(H,21,23). The van der Waals surface area contributed by atoms with Crippen molar-refractivity contribution in [1.29, 1.82) is 0 Å². The minimum atomic E-state index is -0.0532. The number of hydrogen-bond donors (Lipinski definition) is 2. The molecule has 0 saturated carbocycles. The van der Waals surface area contributed by atoms with Gasteiger partial charge in [0.15, 0.2) is 0 Å². The number of benzene rings is 1. The molecule has 0 radical (unpaired) electrons. The summed E-state index contributed by atoms with van der Waals surface area (Å²) in [7, 11) is 0. The average Bonchev–Trinajstić information content (AvgIpc) is 2.62. The molecule has 2 heterocycles. The summed E-state index contributed by atoms with van der Waals surface area (Å²) < 4.78 is 0. The van der Waals surface area contributed by atoms with Crippen molar-refractivity contribution in [3.05, 3.63) is 65.5 Å². The Bertz CT molecular complexity index is 621. The number of rotatable bonds is 5. The largest absolute Gasteiger partial charge is 0.348 e. The molecule has 1 aliphatic rings. The van der Waals surface area contributed by atoms with Crippen LogP contribution in [0.2, 0.25) is 0 Å². The summed E-state index contributed by atoms with van der Waals surface area (Å²) in [5.74, 6) is -0.0532. The Morgan fingerprint density at radius 3 is 2.61 bits per heavy atom. The maximum Gasteiger partial charge on any atom is 0.251 e. The van der Waals surface area contributed by atoms with Crippen molar-refractivity contribution in [3.63, 3.8) is 0 Å². The van der Waals surface area contributed by atoms with E-state index in [0.29, 0.717) is 12.1 Å². The number of carbonyl (C=O) groups excluding carboxylic acids is 1. The summed E-state index contributed by atoms with van der Waals surface area (Å²) in [6, 6.07) is 11.7. The molecule has 2 N–H and O–H groups in total. The van der Waals surface area contributed by atoms with E-state index in [4.69, 9.17) is 0 Å². The van der Waals surface area contributed by atoms with Crippen molar-refractivity contribution in [2.75, 3.05) is 26.2 Å². The van der Waals surface area contributed by atoms with E-state index in [1.165, 1.54) is 5.56 Å². The van der Waals surface area contributed by atoms with E-state index in [-0.39, 0.29) is 5.91 Å². The van der Waals surface area contributed by atoms with Crippen LogP contribution in [0.1, 0.15) is 21.5 Å². The van der Waals surface area contributed by atoms with Gasteiger partial charge >= 0.3 is 0 Å². The van der Waals surface area contributed by atoms with Crippen LogP contribution in [0.5, 0.6) is 0 Å². The van der Waals surface area contributed by atoms with Crippen LogP contribution >= 0.6 is 0 Å². The normalized spacial score (nSPS) is 15.3. The first-order valence-corrected chi connectivity index (χ1v) is 8.00. The second-order valence-electron chi connectivity index (χ2n) is 5.77. The van der Waals surface area contributed by atoms with Gasteiger partial charge in [-0.2, -0.15) is 0 Å². The lowest BCUT2D eigenvalue weighted by Gasteiger charge is -2.27. The van der Waals surface area contributed by atoms with Crippen LogP contribution in [0.4, 0.5) is 0 Å². The highest BCUT2D eigenvalue weighted by molar-refractivity contribution is 5.94. The lowest BCUT2D eigenvalue weighted by atomic mass is 10.1. The topological polar surface area (TPSA) is 57.3 Å². The van der Waals surface area contributed by atoms with Gasteiger partial charge in [0.2, 0.25) is 0 Å². The molecule has 1 fully saturated rings. The Kier molecular flexibility index (Phi) is 5.34. The first kappa shape index (κ1) is 15.6. The Balaban J connectivity index is 1.52. The minimum absolute atomic E-state index is 0.0532. The van der Waals surface area contributed by atoms with Gasteiger partial charge in [0, 0.05) is 57.2 Å². The van der Waals surface area contributed by atoms with Gasteiger partial charge in [0.1, 0.15) is 0 Å². The van der Waals surface area contributed by atoms with Crippen molar-refractivity contribution < 1.29 is 4.79 Å². The molecule has 3 rings (SSSR count). The Labute approximate surface area is 136 Å². The molecule has 0 bridgehead atoms. The highest BCUT2D eigenvalue weighted by atomic mass is 16.1. The SMILES string of the molecule is O=C(NCc1cccnc1)c1ccc(CN2CCNCC2)cc1. The van der Waals surface area contributed by atoms with Gasteiger partial charge in [-0.15, -0.1) is 0 Å². The molecule has 2 aromatic rings. The molecular weight excluding hydrogens is 288 g/mol.